The molecule has 17 heavy (non-hydrogen) atoms. The molecule has 0 radical (unpaired) electrons. The van der Waals surface area contributed by atoms with Crippen molar-refractivity contribution in [1.29, 1.82) is 0 Å². The minimum absolute atomic E-state index is 0.226. The van der Waals surface area contributed by atoms with Crippen molar-refractivity contribution >= 4 is 0 Å². The molecular formula is C12H22N4O. The maximum atomic E-state index is 5.35. The first kappa shape index (κ1) is 12.5. The Labute approximate surface area is 103 Å². The standard InChI is InChI=1S/C12H22N4O/c1-9(2)11-13-12(17-14-11)10(3)16-7-5-15(4)6-8-16/h9-10H,5-8H2,1-4H3. The van der Waals surface area contributed by atoms with Crippen molar-refractivity contribution in [2.45, 2.75) is 32.7 Å². The summed E-state index contributed by atoms with van der Waals surface area (Å²) in [6.07, 6.45) is 0. The van der Waals surface area contributed by atoms with Gasteiger partial charge in [0, 0.05) is 32.1 Å². The van der Waals surface area contributed by atoms with Crippen LogP contribution in [0.3, 0.4) is 0 Å². The number of aromatic nitrogens is 2. The van der Waals surface area contributed by atoms with Crippen molar-refractivity contribution in [2.75, 3.05) is 33.2 Å². The summed E-state index contributed by atoms with van der Waals surface area (Å²) in [5, 5.41) is 4.02. The highest BCUT2D eigenvalue weighted by Crippen LogP contribution is 2.21. The van der Waals surface area contributed by atoms with E-state index in [1.54, 1.807) is 0 Å². The summed E-state index contributed by atoms with van der Waals surface area (Å²) in [5.74, 6) is 1.88. The Balaban J connectivity index is 2.01. The van der Waals surface area contributed by atoms with E-state index in [9.17, 15) is 0 Å². The maximum Gasteiger partial charge on any atom is 0.243 e. The van der Waals surface area contributed by atoms with E-state index < -0.39 is 0 Å². The zero-order valence-corrected chi connectivity index (χ0v) is 11.2. The van der Waals surface area contributed by atoms with Gasteiger partial charge < -0.3 is 9.42 Å². The van der Waals surface area contributed by atoms with Gasteiger partial charge >= 0.3 is 0 Å². The predicted molar refractivity (Wildman–Crippen MR) is 65.9 cm³/mol. The molecule has 2 rings (SSSR count). The van der Waals surface area contributed by atoms with Crippen LogP contribution in [0.5, 0.6) is 0 Å². The zero-order valence-electron chi connectivity index (χ0n) is 11.2. The van der Waals surface area contributed by atoms with E-state index in [0.717, 1.165) is 37.9 Å². The third-order valence-electron chi connectivity index (χ3n) is 3.42. The first-order valence-corrected chi connectivity index (χ1v) is 6.34. The van der Waals surface area contributed by atoms with Crippen molar-refractivity contribution in [1.82, 2.24) is 19.9 Å². The minimum atomic E-state index is 0.226. The van der Waals surface area contributed by atoms with E-state index in [0.29, 0.717) is 5.92 Å². The Hall–Kier alpha value is -0.940. The fourth-order valence-corrected chi connectivity index (χ4v) is 2.02. The number of hydrogen-bond donors (Lipinski definition) is 0. The molecule has 0 spiro atoms. The second-order valence-corrected chi connectivity index (χ2v) is 5.16. The lowest BCUT2D eigenvalue weighted by Gasteiger charge is -2.34. The van der Waals surface area contributed by atoms with Gasteiger partial charge in [-0.1, -0.05) is 19.0 Å². The van der Waals surface area contributed by atoms with Crippen LogP contribution in [0, 0.1) is 0 Å². The van der Waals surface area contributed by atoms with Crippen LogP contribution in [0.2, 0.25) is 0 Å². The molecule has 1 aliphatic heterocycles. The summed E-state index contributed by atoms with van der Waals surface area (Å²) in [5.41, 5.74) is 0. The summed E-state index contributed by atoms with van der Waals surface area (Å²) >= 11 is 0. The van der Waals surface area contributed by atoms with Crippen LogP contribution in [0.4, 0.5) is 0 Å². The third-order valence-corrected chi connectivity index (χ3v) is 3.42. The van der Waals surface area contributed by atoms with Crippen molar-refractivity contribution in [3.63, 3.8) is 0 Å². The molecule has 0 amide bonds. The van der Waals surface area contributed by atoms with Crippen LogP contribution in [-0.2, 0) is 0 Å². The fourth-order valence-electron chi connectivity index (χ4n) is 2.02. The Morgan fingerprint density at radius 1 is 1.12 bits per heavy atom. The molecule has 1 saturated heterocycles. The molecule has 2 heterocycles. The third kappa shape index (κ3) is 2.84. The lowest BCUT2D eigenvalue weighted by atomic mass is 10.2. The van der Waals surface area contributed by atoms with E-state index in [1.165, 1.54) is 0 Å². The molecule has 0 N–H and O–H groups in total. The van der Waals surface area contributed by atoms with E-state index in [1.807, 2.05) is 0 Å². The molecule has 1 aromatic heterocycles. The van der Waals surface area contributed by atoms with Gasteiger partial charge in [0.25, 0.3) is 0 Å². The van der Waals surface area contributed by atoms with Crippen LogP contribution in [-0.4, -0.2) is 53.2 Å². The Bertz CT molecular complexity index is 355. The highest BCUT2D eigenvalue weighted by atomic mass is 16.5. The summed E-state index contributed by atoms with van der Waals surface area (Å²) in [4.78, 5) is 9.22. The van der Waals surface area contributed by atoms with Gasteiger partial charge in [-0.25, -0.2) is 0 Å². The van der Waals surface area contributed by atoms with Crippen molar-refractivity contribution in [2.24, 2.45) is 0 Å². The van der Waals surface area contributed by atoms with Gasteiger partial charge in [-0.05, 0) is 14.0 Å². The smallest absolute Gasteiger partial charge is 0.243 e. The van der Waals surface area contributed by atoms with Gasteiger partial charge in [-0.15, -0.1) is 0 Å². The number of piperazine rings is 1. The van der Waals surface area contributed by atoms with Gasteiger partial charge in [0.15, 0.2) is 5.82 Å². The second-order valence-electron chi connectivity index (χ2n) is 5.16. The number of rotatable bonds is 3. The first-order chi connectivity index (χ1) is 8.08. The maximum absolute atomic E-state index is 5.35. The number of hydrogen-bond acceptors (Lipinski definition) is 5. The number of likely N-dealkylation sites (N-methyl/N-ethyl adjacent to an activating group) is 1. The SMILES string of the molecule is CC(C)c1noc(C(C)N2CCN(C)CC2)n1. The topological polar surface area (TPSA) is 45.4 Å². The molecule has 0 saturated carbocycles. The van der Waals surface area contributed by atoms with Crippen LogP contribution in [0.1, 0.15) is 44.4 Å². The van der Waals surface area contributed by atoms with Crippen LogP contribution >= 0.6 is 0 Å². The summed E-state index contributed by atoms with van der Waals surface area (Å²) < 4.78 is 5.35. The van der Waals surface area contributed by atoms with Gasteiger partial charge in [0.05, 0.1) is 6.04 Å². The molecule has 1 unspecified atom stereocenters. The molecular weight excluding hydrogens is 216 g/mol. The fraction of sp³-hybridized carbons (Fsp3) is 0.833. The van der Waals surface area contributed by atoms with Gasteiger partial charge in [0.2, 0.25) is 5.89 Å². The molecule has 96 valence electrons. The lowest BCUT2D eigenvalue weighted by molar-refractivity contribution is 0.102. The Morgan fingerprint density at radius 2 is 1.76 bits per heavy atom. The van der Waals surface area contributed by atoms with Crippen LogP contribution < -0.4 is 0 Å². The molecule has 1 atom stereocenters. The van der Waals surface area contributed by atoms with Gasteiger partial charge in [-0.3, -0.25) is 4.90 Å². The Morgan fingerprint density at radius 3 is 2.29 bits per heavy atom. The van der Waals surface area contributed by atoms with Crippen LogP contribution in [0.15, 0.2) is 4.52 Å². The molecule has 1 fully saturated rings. The lowest BCUT2D eigenvalue weighted by Crippen LogP contribution is -2.45. The normalized spacial score (nSPS) is 21.0. The number of nitrogens with zero attached hydrogens (tertiary/aromatic N) is 4. The highest BCUT2D eigenvalue weighted by molar-refractivity contribution is 4.96. The molecule has 5 heteroatoms. The predicted octanol–water partition coefficient (Wildman–Crippen LogP) is 1.50. The summed E-state index contributed by atoms with van der Waals surface area (Å²) in [6.45, 7) is 10.6. The molecule has 0 aliphatic carbocycles. The second kappa shape index (κ2) is 5.14. The van der Waals surface area contributed by atoms with Gasteiger partial charge in [0.1, 0.15) is 0 Å². The average molecular weight is 238 g/mol. The molecule has 5 nitrogen and oxygen atoms in total. The molecule has 1 aliphatic rings. The van der Waals surface area contributed by atoms with Crippen molar-refractivity contribution < 1.29 is 4.52 Å². The molecule has 0 aromatic carbocycles. The van der Waals surface area contributed by atoms with Crippen molar-refractivity contribution in [3.05, 3.63) is 11.7 Å². The highest BCUT2D eigenvalue weighted by Gasteiger charge is 2.24. The first-order valence-electron chi connectivity index (χ1n) is 6.34. The summed E-state index contributed by atoms with van der Waals surface area (Å²) in [6, 6.07) is 0.226. The molecule has 0 bridgehead atoms. The molecule has 1 aromatic rings. The average Bonchev–Trinajstić information content (AvgIpc) is 2.78. The largest absolute Gasteiger partial charge is 0.338 e. The minimum Gasteiger partial charge on any atom is -0.338 e. The summed E-state index contributed by atoms with van der Waals surface area (Å²) in [7, 11) is 2.16. The van der Waals surface area contributed by atoms with E-state index >= 15 is 0 Å². The van der Waals surface area contributed by atoms with E-state index in [-0.39, 0.29) is 6.04 Å². The van der Waals surface area contributed by atoms with Crippen molar-refractivity contribution in [3.8, 4) is 0 Å². The van der Waals surface area contributed by atoms with Gasteiger partial charge in [-0.2, -0.15) is 4.98 Å². The zero-order chi connectivity index (χ0) is 12.4. The van der Waals surface area contributed by atoms with E-state index in [2.05, 4.69) is 47.8 Å². The quantitative estimate of drug-likeness (QED) is 0.798. The van der Waals surface area contributed by atoms with Crippen LogP contribution in [0.25, 0.3) is 0 Å². The Kier molecular flexibility index (Phi) is 3.79. The van der Waals surface area contributed by atoms with E-state index in [4.69, 9.17) is 4.52 Å². The monoisotopic (exact) mass is 238 g/mol.